The molecule has 1 aliphatic carbocycles. The number of aryl methyl sites for hydroxylation is 2. The molecule has 2 aromatic rings. The molecule has 23 heavy (non-hydrogen) atoms. The number of rotatable bonds is 2. The average molecular weight is 304 g/mol. The van der Waals surface area contributed by atoms with E-state index >= 15 is 0 Å². The second kappa shape index (κ2) is 5.65. The van der Waals surface area contributed by atoms with Gasteiger partial charge in [0.25, 0.3) is 0 Å². The summed E-state index contributed by atoms with van der Waals surface area (Å²) < 4.78 is 0. The van der Waals surface area contributed by atoms with Gasteiger partial charge in [0.1, 0.15) is 0 Å². The highest BCUT2D eigenvalue weighted by atomic mass is 15.1. The van der Waals surface area contributed by atoms with Gasteiger partial charge in [-0.25, -0.2) is 0 Å². The lowest BCUT2D eigenvalue weighted by Gasteiger charge is -2.29. The van der Waals surface area contributed by atoms with E-state index in [9.17, 15) is 0 Å². The first-order valence-corrected chi connectivity index (χ1v) is 8.92. The number of likely N-dealkylation sites (N-methyl/N-ethyl adjacent to an activating group) is 1. The van der Waals surface area contributed by atoms with E-state index in [0.29, 0.717) is 5.92 Å². The van der Waals surface area contributed by atoms with Gasteiger partial charge in [0.05, 0.1) is 25.6 Å². The Hall–Kier alpha value is -1.86. The maximum absolute atomic E-state index is 2.40. The number of hydrogen-bond donors (Lipinski definition) is 1. The van der Waals surface area contributed by atoms with Crippen molar-refractivity contribution in [2.45, 2.75) is 33.1 Å². The predicted octanol–water partition coefficient (Wildman–Crippen LogP) is 3.51. The Morgan fingerprint density at radius 2 is 1.74 bits per heavy atom. The number of piperidine rings is 1. The molecular weight excluding hydrogens is 278 g/mol. The van der Waals surface area contributed by atoms with E-state index in [1.165, 1.54) is 53.9 Å². The Morgan fingerprint density at radius 1 is 1.00 bits per heavy atom. The summed E-state index contributed by atoms with van der Waals surface area (Å²) in [5, 5.41) is 0. The van der Waals surface area contributed by atoms with E-state index in [-0.39, 0.29) is 0 Å². The van der Waals surface area contributed by atoms with Crippen molar-refractivity contribution >= 4 is 5.57 Å². The average Bonchev–Trinajstić information content (AvgIpc) is 2.88. The van der Waals surface area contributed by atoms with Crippen LogP contribution >= 0.6 is 0 Å². The normalized spacial score (nSPS) is 22.9. The summed E-state index contributed by atoms with van der Waals surface area (Å²) in [7, 11) is 0. The Kier molecular flexibility index (Phi) is 3.61. The fraction of sp³-hybridized carbons (Fsp3) is 0.364. The van der Waals surface area contributed by atoms with Gasteiger partial charge >= 0.3 is 0 Å². The zero-order valence-electron chi connectivity index (χ0n) is 14.4. The van der Waals surface area contributed by atoms with Gasteiger partial charge in [-0.1, -0.05) is 53.6 Å². The number of quaternary nitrogens is 1. The van der Waals surface area contributed by atoms with E-state index in [1.54, 1.807) is 16.0 Å². The SMILES string of the molecule is CC[NH+]1CCC2=C(c3ccc(C)cc3)c3cc(C)ccc3[C@H]2C1. The number of nitrogens with one attached hydrogen (secondary N) is 1. The summed E-state index contributed by atoms with van der Waals surface area (Å²) in [6.45, 7) is 10.5. The lowest BCUT2D eigenvalue weighted by molar-refractivity contribution is -0.902. The molecule has 0 bridgehead atoms. The molecule has 1 saturated heterocycles. The van der Waals surface area contributed by atoms with Crippen LogP contribution < -0.4 is 4.90 Å². The van der Waals surface area contributed by atoms with Crippen LogP contribution in [0.4, 0.5) is 0 Å². The molecule has 2 aromatic carbocycles. The zero-order valence-corrected chi connectivity index (χ0v) is 14.4. The molecule has 0 radical (unpaired) electrons. The quantitative estimate of drug-likeness (QED) is 0.866. The highest BCUT2D eigenvalue weighted by molar-refractivity contribution is 5.89. The molecule has 0 saturated carbocycles. The fourth-order valence-electron chi connectivity index (χ4n) is 4.34. The summed E-state index contributed by atoms with van der Waals surface area (Å²) in [5.74, 6) is 0.630. The lowest BCUT2D eigenvalue weighted by Crippen LogP contribution is -3.13. The van der Waals surface area contributed by atoms with Gasteiger partial charge in [0.15, 0.2) is 0 Å². The molecule has 4 rings (SSSR count). The molecule has 2 aliphatic rings. The van der Waals surface area contributed by atoms with Gasteiger partial charge < -0.3 is 4.90 Å². The number of hydrogen-bond acceptors (Lipinski definition) is 0. The van der Waals surface area contributed by atoms with E-state index in [2.05, 4.69) is 63.2 Å². The topological polar surface area (TPSA) is 4.44 Å². The Balaban J connectivity index is 1.88. The molecule has 1 fully saturated rings. The van der Waals surface area contributed by atoms with Crippen LogP contribution in [0.25, 0.3) is 5.57 Å². The largest absolute Gasteiger partial charge is 0.334 e. The van der Waals surface area contributed by atoms with Crippen LogP contribution in [-0.2, 0) is 0 Å². The van der Waals surface area contributed by atoms with Crippen LogP contribution in [0.15, 0.2) is 48.0 Å². The standard InChI is InChI=1S/C22H25N/c1-4-23-12-11-19-21(14-23)18-10-7-16(3)13-20(18)22(19)17-8-5-15(2)6-9-17/h5-10,13,21H,4,11-12,14H2,1-3H3/p+1/t21-/m1/s1. The zero-order chi connectivity index (χ0) is 16.0. The number of fused-ring (bicyclic) bond motifs is 3. The van der Waals surface area contributed by atoms with Gasteiger partial charge in [-0.2, -0.15) is 0 Å². The molecular formula is C22H26N+. The van der Waals surface area contributed by atoms with Gasteiger partial charge in [-0.3, -0.25) is 0 Å². The molecule has 1 nitrogen and oxygen atoms in total. The molecule has 1 heterocycles. The summed E-state index contributed by atoms with van der Waals surface area (Å²) in [6.07, 6.45) is 1.24. The van der Waals surface area contributed by atoms with E-state index in [4.69, 9.17) is 0 Å². The van der Waals surface area contributed by atoms with Crippen LogP contribution in [0.5, 0.6) is 0 Å². The van der Waals surface area contributed by atoms with E-state index in [0.717, 1.165) is 0 Å². The van der Waals surface area contributed by atoms with Crippen molar-refractivity contribution in [1.82, 2.24) is 0 Å². The maximum atomic E-state index is 2.40. The van der Waals surface area contributed by atoms with E-state index in [1.807, 2.05) is 0 Å². The minimum absolute atomic E-state index is 0.630. The van der Waals surface area contributed by atoms with Crippen molar-refractivity contribution in [2.24, 2.45) is 0 Å². The number of likely N-dealkylation sites (tertiary alicyclic amines) is 1. The minimum Gasteiger partial charge on any atom is -0.334 e. The van der Waals surface area contributed by atoms with Crippen molar-refractivity contribution in [3.63, 3.8) is 0 Å². The van der Waals surface area contributed by atoms with Gasteiger partial charge in [-0.05, 0) is 48.6 Å². The molecule has 1 heteroatoms. The van der Waals surface area contributed by atoms with Gasteiger partial charge in [-0.15, -0.1) is 0 Å². The van der Waals surface area contributed by atoms with E-state index < -0.39 is 0 Å². The first kappa shape index (κ1) is 14.7. The highest BCUT2D eigenvalue weighted by Gasteiger charge is 2.37. The van der Waals surface area contributed by atoms with Crippen LogP contribution in [0.3, 0.4) is 0 Å². The third-order valence-corrected chi connectivity index (χ3v) is 5.68. The monoisotopic (exact) mass is 304 g/mol. The number of benzene rings is 2. The molecule has 1 aliphatic heterocycles. The third-order valence-electron chi connectivity index (χ3n) is 5.68. The molecule has 118 valence electrons. The van der Waals surface area contributed by atoms with Crippen molar-refractivity contribution in [3.05, 3.63) is 75.9 Å². The second-order valence-corrected chi connectivity index (χ2v) is 7.22. The van der Waals surface area contributed by atoms with Crippen molar-refractivity contribution < 1.29 is 4.90 Å². The summed E-state index contributed by atoms with van der Waals surface area (Å²) in [5.41, 5.74) is 10.4. The van der Waals surface area contributed by atoms with Crippen LogP contribution in [0.2, 0.25) is 0 Å². The Labute approximate surface area is 139 Å². The lowest BCUT2D eigenvalue weighted by atomic mass is 9.89. The van der Waals surface area contributed by atoms with Gasteiger partial charge in [0.2, 0.25) is 0 Å². The van der Waals surface area contributed by atoms with Crippen LogP contribution in [0.1, 0.15) is 47.1 Å². The fourth-order valence-corrected chi connectivity index (χ4v) is 4.34. The second-order valence-electron chi connectivity index (χ2n) is 7.22. The van der Waals surface area contributed by atoms with Crippen molar-refractivity contribution in [1.29, 1.82) is 0 Å². The molecule has 0 amide bonds. The van der Waals surface area contributed by atoms with Crippen LogP contribution in [0, 0.1) is 13.8 Å². The molecule has 0 spiro atoms. The third kappa shape index (κ3) is 2.44. The smallest absolute Gasteiger partial charge is 0.0879 e. The van der Waals surface area contributed by atoms with Crippen LogP contribution in [-0.4, -0.2) is 19.6 Å². The first-order valence-electron chi connectivity index (χ1n) is 8.92. The maximum Gasteiger partial charge on any atom is 0.0879 e. The summed E-state index contributed by atoms with van der Waals surface area (Å²) in [4.78, 5) is 1.75. The summed E-state index contributed by atoms with van der Waals surface area (Å²) >= 11 is 0. The Morgan fingerprint density at radius 3 is 2.48 bits per heavy atom. The first-order chi connectivity index (χ1) is 11.2. The predicted molar refractivity (Wildman–Crippen MR) is 97.0 cm³/mol. The molecule has 1 N–H and O–H groups in total. The minimum atomic E-state index is 0.630. The molecule has 0 aromatic heterocycles. The van der Waals surface area contributed by atoms with Gasteiger partial charge in [0, 0.05) is 6.42 Å². The summed E-state index contributed by atoms with van der Waals surface area (Å²) in [6, 6.07) is 16.2. The molecule has 2 atom stereocenters. The Bertz CT molecular complexity index is 767. The van der Waals surface area contributed by atoms with Crippen molar-refractivity contribution in [2.75, 3.05) is 19.6 Å². The van der Waals surface area contributed by atoms with Crippen molar-refractivity contribution in [3.8, 4) is 0 Å². The highest BCUT2D eigenvalue weighted by Crippen LogP contribution is 2.46. The molecule has 1 unspecified atom stereocenters.